The number of rotatable bonds is 7. The Morgan fingerprint density at radius 1 is 1.11 bits per heavy atom. The van der Waals surface area contributed by atoms with Gasteiger partial charge in [0.2, 0.25) is 0 Å². The van der Waals surface area contributed by atoms with Crippen molar-refractivity contribution in [3.05, 3.63) is 63.6 Å². The summed E-state index contributed by atoms with van der Waals surface area (Å²) >= 11 is 11.9. The van der Waals surface area contributed by atoms with Crippen molar-refractivity contribution < 1.29 is 22.7 Å². The minimum atomic E-state index is -3.44. The van der Waals surface area contributed by atoms with Crippen LogP contribution in [0.4, 0.5) is 0 Å². The van der Waals surface area contributed by atoms with E-state index >= 15 is 0 Å². The molecule has 0 saturated carbocycles. The fraction of sp³-hybridized carbons (Fsp3) is 0.222. The fourth-order valence-corrected chi connectivity index (χ4v) is 3.35. The average Bonchev–Trinajstić information content (AvgIpc) is 2.61. The molecule has 1 N–H and O–H groups in total. The lowest BCUT2D eigenvalue weighted by atomic mass is 10.1. The molecule has 27 heavy (non-hydrogen) atoms. The van der Waals surface area contributed by atoms with Crippen molar-refractivity contribution in [2.75, 3.05) is 19.4 Å². The summed E-state index contributed by atoms with van der Waals surface area (Å²) in [4.78, 5) is 23.8. The maximum absolute atomic E-state index is 12.0. The Kier molecular flexibility index (Phi) is 7.24. The zero-order chi connectivity index (χ0) is 20.0. The topological polar surface area (TPSA) is 89.5 Å². The van der Waals surface area contributed by atoms with Gasteiger partial charge in [-0.05, 0) is 42.3 Å². The van der Waals surface area contributed by atoms with Crippen molar-refractivity contribution in [3.63, 3.8) is 0 Å². The van der Waals surface area contributed by atoms with Gasteiger partial charge < -0.3 is 10.1 Å². The molecule has 1 amide bonds. The summed E-state index contributed by atoms with van der Waals surface area (Å²) in [5.41, 5.74) is 0.884. The number of hydrogen-bond acceptors (Lipinski definition) is 5. The first-order chi connectivity index (χ1) is 12.7. The van der Waals surface area contributed by atoms with Crippen LogP contribution in [-0.4, -0.2) is 39.7 Å². The summed E-state index contributed by atoms with van der Waals surface area (Å²) < 4.78 is 27.9. The van der Waals surface area contributed by atoms with Gasteiger partial charge in [-0.1, -0.05) is 35.3 Å². The van der Waals surface area contributed by atoms with Crippen LogP contribution in [0.15, 0.2) is 47.4 Å². The zero-order valence-electron chi connectivity index (χ0n) is 14.4. The van der Waals surface area contributed by atoms with Crippen LogP contribution in [0.3, 0.4) is 0 Å². The molecule has 0 atom stereocenters. The van der Waals surface area contributed by atoms with E-state index in [1.807, 2.05) is 0 Å². The number of esters is 1. The molecule has 0 aliphatic rings. The summed E-state index contributed by atoms with van der Waals surface area (Å²) in [5.74, 6) is -1.26. The molecule has 0 aliphatic carbocycles. The van der Waals surface area contributed by atoms with Gasteiger partial charge in [-0.25, -0.2) is 13.2 Å². The molecule has 0 aromatic heterocycles. The molecule has 0 spiro atoms. The van der Waals surface area contributed by atoms with Gasteiger partial charge in [-0.3, -0.25) is 4.79 Å². The van der Waals surface area contributed by atoms with E-state index in [-0.39, 0.29) is 10.5 Å². The predicted octanol–water partition coefficient (Wildman–Crippen LogP) is 2.91. The van der Waals surface area contributed by atoms with Crippen molar-refractivity contribution in [3.8, 4) is 0 Å². The molecular weight excluding hydrogens is 413 g/mol. The lowest BCUT2D eigenvalue weighted by Crippen LogP contribution is -2.30. The van der Waals surface area contributed by atoms with Gasteiger partial charge in [-0.15, -0.1) is 0 Å². The number of nitrogens with one attached hydrogen (secondary N) is 1. The van der Waals surface area contributed by atoms with Crippen LogP contribution in [0, 0.1) is 0 Å². The highest BCUT2D eigenvalue weighted by atomic mass is 35.5. The lowest BCUT2D eigenvalue weighted by molar-refractivity contribution is -0.124. The Labute approximate surface area is 167 Å². The Hall–Kier alpha value is -2.09. The van der Waals surface area contributed by atoms with Crippen LogP contribution in [0.2, 0.25) is 10.0 Å². The number of amides is 1. The van der Waals surface area contributed by atoms with Crippen LogP contribution in [0.25, 0.3) is 0 Å². The van der Waals surface area contributed by atoms with E-state index in [2.05, 4.69) is 5.32 Å². The van der Waals surface area contributed by atoms with E-state index in [1.165, 1.54) is 24.3 Å². The van der Waals surface area contributed by atoms with Crippen molar-refractivity contribution in [2.45, 2.75) is 11.3 Å². The van der Waals surface area contributed by atoms with Gasteiger partial charge >= 0.3 is 5.97 Å². The maximum Gasteiger partial charge on any atom is 0.338 e. The summed E-state index contributed by atoms with van der Waals surface area (Å²) in [6.45, 7) is -0.169. The monoisotopic (exact) mass is 429 g/mol. The van der Waals surface area contributed by atoms with E-state index in [4.69, 9.17) is 27.9 Å². The standard InChI is InChI=1S/C18H17Cl2NO5S/c1-27(24,25)15-4-2-3-13(9-15)18(23)26-11-17(22)21-8-7-12-5-6-14(19)10-16(12)20/h2-6,9-10H,7-8,11H2,1H3,(H,21,22). The highest BCUT2D eigenvalue weighted by molar-refractivity contribution is 7.90. The summed E-state index contributed by atoms with van der Waals surface area (Å²) in [5, 5.41) is 3.65. The molecule has 0 radical (unpaired) electrons. The Morgan fingerprint density at radius 3 is 2.52 bits per heavy atom. The first-order valence-corrected chi connectivity index (χ1v) is 10.5. The lowest BCUT2D eigenvalue weighted by Gasteiger charge is -2.08. The molecule has 0 heterocycles. The molecule has 0 fully saturated rings. The van der Waals surface area contributed by atoms with Gasteiger partial charge in [-0.2, -0.15) is 0 Å². The predicted molar refractivity (Wildman–Crippen MR) is 103 cm³/mol. The van der Waals surface area contributed by atoms with Crippen LogP contribution in [0.1, 0.15) is 15.9 Å². The Morgan fingerprint density at radius 2 is 1.85 bits per heavy atom. The van der Waals surface area contributed by atoms with Crippen LogP contribution >= 0.6 is 23.2 Å². The molecule has 144 valence electrons. The van der Waals surface area contributed by atoms with E-state index in [0.29, 0.717) is 23.0 Å². The minimum absolute atomic E-state index is 0.00115. The third-order valence-corrected chi connectivity index (χ3v) is 5.26. The molecule has 0 unspecified atom stereocenters. The normalized spacial score (nSPS) is 11.1. The van der Waals surface area contributed by atoms with Gasteiger partial charge in [0, 0.05) is 22.8 Å². The highest BCUT2D eigenvalue weighted by Gasteiger charge is 2.14. The van der Waals surface area contributed by atoms with E-state index < -0.39 is 28.3 Å². The first kappa shape index (κ1) is 21.2. The molecule has 2 aromatic rings. The molecule has 0 bridgehead atoms. The number of carbonyl (C=O) groups excluding carboxylic acids is 2. The van der Waals surface area contributed by atoms with Crippen molar-refractivity contribution >= 4 is 44.9 Å². The number of ether oxygens (including phenoxy) is 1. The minimum Gasteiger partial charge on any atom is -0.452 e. The second-order valence-electron chi connectivity index (χ2n) is 5.71. The van der Waals surface area contributed by atoms with Gasteiger partial charge in [0.15, 0.2) is 16.4 Å². The number of sulfone groups is 1. The summed E-state index contributed by atoms with van der Waals surface area (Å²) in [6.07, 6.45) is 1.53. The smallest absolute Gasteiger partial charge is 0.338 e. The molecule has 9 heteroatoms. The second-order valence-corrected chi connectivity index (χ2v) is 8.57. The first-order valence-electron chi connectivity index (χ1n) is 7.84. The van der Waals surface area contributed by atoms with Crippen molar-refractivity contribution in [1.29, 1.82) is 0 Å². The second kappa shape index (κ2) is 9.21. The Balaban J connectivity index is 1.82. The largest absolute Gasteiger partial charge is 0.452 e. The number of hydrogen-bond donors (Lipinski definition) is 1. The van der Waals surface area contributed by atoms with Crippen LogP contribution < -0.4 is 5.32 Å². The van der Waals surface area contributed by atoms with Crippen LogP contribution in [0.5, 0.6) is 0 Å². The van der Waals surface area contributed by atoms with E-state index in [0.717, 1.165) is 11.8 Å². The average molecular weight is 430 g/mol. The van der Waals surface area contributed by atoms with Crippen LogP contribution in [-0.2, 0) is 25.8 Å². The molecule has 0 aliphatic heterocycles. The summed E-state index contributed by atoms with van der Waals surface area (Å²) in [7, 11) is -3.44. The van der Waals surface area contributed by atoms with Gasteiger partial charge in [0.1, 0.15) is 0 Å². The SMILES string of the molecule is CS(=O)(=O)c1cccc(C(=O)OCC(=O)NCCc2ccc(Cl)cc2Cl)c1. The molecular formula is C18H17Cl2NO5S. The third-order valence-electron chi connectivity index (χ3n) is 3.56. The number of carbonyl (C=O) groups is 2. The van der Waals surface area contributed by atoms with Crippen molar-refractivity contribution in [1.82, 2.24) is 5.32 Å². The van der Waals surface area contributed by atoms with Gasteiger partial charge in [0.25, 0.3) is 5.91 Å². The maximum atomic E-state index is 12.0. The number of halogens is 2. The molecule has 6 nitrogen and oxygen atoms in total. The summed E-state index contributed by atoms with van der Waals surface area (Å²) in [6, 6.07) is 10.5. The van der Waals surface area contributed by atoms with Crippen molar-refractivity contribution in [2.24, 2.45) is 0 Å². The quantitative estimate of drug-likeness (QED) is 0.683. The fourth-order valence-electron chi connectivity index (χ4n) is 2.18. The molecule has 2 aromatic carbocycles. The van der Waals surface area contributed by atoms with E-state index in [9.17, 15) is 18.0 Å². The van der Waals surface area contributed by atoms with E-state index in [1.54, 1.807) is 18.2 Å². The number of benzene rings is 2. The molecule has 2 rings (SSSR count). The van der Waals surface area contributed by atoms with Gasteiger partial charge in [0.05, 0.1) is 10.5 Å². The highest BCUT2D eigenvalue weighted by Crippen LogP contribution is 2.21. The Bertz CT molecular complexity index is 960. The zero-order valence-corrected chi connectivity index (χ0v) is 16.7. The third kappa shape index (κ3) is 6.53. The molecule has 0 saturated heterocycles.